The Morgan fingerprint density at radius 3 is 2.15 bits per heavy atom. The number of nitrogens with one attached hydrogen (secondary N) is 1. The lowest BCUT2D eigenvalue weighted by molar-refractivity contribution is -0.329. The van der Waals surface area contributed by atoms with Crippen molar-refractivity contribution in [3.63, 3.8) is 0 Å². The number of amides is 1. The average molecular weight is 750 g/mol. The number of ketones is 1. The molecule has 292 valence electrons. The molecular weight excluding hydrogens is 698 g/mol. The minimum Gasteiger partial charge on any atom is -0.456 e. The van der Waals surface area contributed by atoms with Gasteiger partial charge in [0.05, 0.1) is 24.3 Å². The van der Waals surface area contributed by atoms with Crippen LogP contribution in [0.1, 0.15) is 89.7 Å². The van der Waals surface area contributed by atoms with Gasteiger partial charge >= 0.3 is 18.0 Å². The van der Waals surface area contributed by atoms with Crippen LogP contribution in [0.15, 0.2) is 71.8 Å². The van der Waals surface area contributed by atoms with E-state index in [0.717, 1.165) is 0 Å². The third kappa shape index (κ3) is 6.53. The summed E-state index contributed by atoms with van der Waals surface area (Å²) in [4.78, 5) is 55.4. The molecule has 2 aromatic rings. The molecule has 0 spiro atoms. The normalized spacial score (nSPS) is 34.1. The highest BCUT2D eigenvalue weighted by Crippen LogP contribution is 2.63. The van der Waals surface area contributed by atoms with E-state index >= 15 is 0 Å². The fourth-order valence-corrected chi connectivity index (χ4v) is 9.18. The van der Waals surface area contributed by atoms with Crippen LogP contribution in [0.3, 0.4) is 0 Å². The van der Waals surface area contributed by atoms with E-state index in [9.17, 15) is 39.6 Å². The minimum atomic E-state index is -2.18. The molecule has 54 heavy (non-hydrogen) atoms. The minimum absolute atomic E-state index is 0.0689. The van der Waals surface area contributed by atoms with Gasteiger partial charge in [-0.3, -0.25) is 4.79 Å². The maximum atomic E-state index is 14.6. The Bertz CT molecular complexity index is 1820. The van der Waals surface area contributed by atoms with Gasteiger partial charge in [0.15, 0.2) is 11.9 Å². The Balaban J connectivity index is 1.43. The Labute approximate surface area is 314 Å². The Kier molecular flexibility index (Phi) is 10.2. The molecule has 13 heteroatoms. The number of hydrogen-bond donors (Lipinski definition) is 5. The SMILES string of the molecule is CC1=C2[C@@H](O)C(=O)[C@]3(C)CC[C@H]4OC[C@@]4(O)[C@H]3[C@H](OC(=O)c3ccccc3)[C@](O)(CC1OC(=O)[C@H](O)[C@@H](NC(=O)OC(C)(C)C)c1ccccc1)C2(C)C. The molecule has 3 fully saturated rings. The summed E-state index contributed by atoms with van der Waals surface area (Å²) in [6.07, 6.45) is -8.31. The second-order valence-corrected chi connectivity index (χ2v) is 16.9. The first-order chi connectivity index (χ1) is 25.2. The highest BCUT2D eigenvalue weighted by Gasteiger charge is 2.74. The topological polar surface area (TPSA) is 198 Å². The highest BCUT2D eigenvalue weighted by molar-refractivity contribution is 5.93. The quantitative estimate of drug-likeness (QED) is 0.157. The van der Waals surface area contributed by atoms with E-state index in [4.69, 9.17) is 18.9 Å². The van der Waals surface area contributed by atoms with Crippen molar-refractivity contribution in [2.75, 3.05) is 6.61 Å². The zero-order valence-electron chi connectivity index (χ0n) is 31.7. The molecule has 0 aromatic heterocycles. The second kappa shape index (κ2) is 13.9. The number of hydrogen-bond acceptors (Lipinski definition) is 12. The molecule has 5 N–H and O–H groups in total. The molecule has 4 aliphatic rings. The summed E-state index contributed by atoms with van der Waals surface area (Å²) in [6, 6.07) is 15.0. The van der Waals surface area contributed by atoms with Crippen LogP contribution in [0, 0.1) is 16.7 Å². The number of aliphatic hydroxyl groups is 4. The van der Waals surface area contributed by atoms with Crippen molar-refractivity contribution in [2.24, 2.45) is 16.7 Å². The lowest BCUT2D eigenvalue weighted by Crippen LogP contribution is -2.78. The fourth-order valence-electron chi connectivity index (χ4n) is 9.18. The van der Waals surface area contributed by atoms with Crippen molar-refractivity contribution in [2.45, 2.75) is 121 Å². The molecular formula is C41H51NO12. The number of alkyl carbamates (subject to hydrolysis) is 1. The number of Topliss-reactive ketones (excluding diaryl/α,β-unsaturated/α-hetero) is 1. The van der Waals surface area contributed by atoms with E-state index in [0.29, 0.717) is 12.0 Å². The Hall–Kier alpha value is -4.14. The van der Waals surface area contributed by atoms with Crippen molar-refractivity contribution in [1.82, 2.24) is 5.32 Å². The van der Waals surface area contributed by atoms with Gasteiger partial charge in [-0.2, -0.15) is 0 Å². The van der Waals surface area contributed by atoms with E-state index in [1.807, 2.05) is 0 Å². The molecule has 2 saturated carbocycles. The Morgan fingerprint density at radius 2 is 1.57 bits per heavy atom. The van der Waals surface area contributed by atoms with Gasteiger partial charge in [-0.05, 0) is 69.4 Å². The van der Waals surface area contributed by atoms with Crippen molar-refractivity contribution in [3.05, 3.63) is 82.9 Å². The summed E-state index contributed by atoms with van der Waals surface area (Å²) < 4.78 is 23.4. The predicted molar refractivity (Wildman–Crippen MR) is 193 cm³/mol. The zero-order chi connectivity index (χ0) is 39.6. The summed E-state index contributed by atoms with van der Waals surface area (Å²) in [5.41, 5.74) is -6.91. The summed E-state index contributed by atoms with van der Waals surface area (Å²) >= 11 is 0. The zero-order valence-corrected chi connectivity index (χ0v) is 31.7. The second-order valence-electron chi connectivity index (χ2n) is 16.9. The molecule has 1 heterocycles. The summed E-state index contributed by atoms with van der Waals surface area (Å²) in [5, 5.41) is 51.6. The van der Waals surface area contributed by atoms with Crippen LogP contribution < -0.4 is 5.32 Å². The molecule has 13 nitrogen and oxygen atoms in total. The van der Waals surface area contributed by atoms with Crippen molar-refractivity contribution < 1.29 is 58.6 Å². The van der Waals surface area contributed by atoms with Crippen LogP contribution in [0.25, 0.3) is 0 Å². The standard InChI is InChI=1S/C41H51NO12/c1-22-25(52-35(47)30(44)28(23-14-10-8-11-15-23)42-36(48)54-37(2,3)4)20-41(50)33(53-34(46)24-16-12-9-13-17-24)31-39(7,19-18-26-40(31,49)21-51-26)32(45)29(43)27(22)38(41,5)6/h8-17,25-26,28-31,33,43-44,49-50H,18-21H2,1-7H3,(H,42,48)/t25?,26-,28+,29-,30-,31+,33+,39-,40+,41-/m1/s1. The summed E-state index contributed by atoms with van der Waals surface area (Å²) in [5.74, 6) is -3.90. The lowest BCUT2D eigenvalue weighted by Gasteiger charge is -2.66. The van der Waals surface area contributed by atoms with Gasteiger partial charge < -0.3 is 44.7 Å². The molecule has 1 saturated heterocycles. The van der Waals surface area contributed by atoms with Gasteiger partial charge in [0, 0.05) is 23.2 Å². The number of rotatable bonds is 7. The van der Waals surface area contributed by atoms with Crippen molar-refractivity contribution in [1.29, 1.82) is 0 Å². The fraction of sp³-hybridized carbons (Fsp3) is 0.561. The number of aliphatic hydroxyl groups excluding tert-OH is 2. The smallest absolute Gasteiger partial charge is 0.408 e. The lowest BCUT2D eigenvalue weighted by atomic mass is 9.45. The molecule has 6 rings (SSSR count). The van der Waals surface area contributed by atoms with E-state index in [2.05, 4.69) is 5.32 Å². The molecule has 1 unspecified atom stereocenters. The van der Waals surface area contributed by atoms with Crippen LogP contribution in [0.4, 0.5) is 4.79 Å². The van der Waals surface area contributed by atoms with Gasteiger partial charge in [-0.15, -0.1) is 0 Å². The van der Waals surface area contributed by atoms with Gasteiger partial charge in [0.2, 0.25) is 0 Å². The van der Waals surface area contributed by atoms with Crippen LogP contribution >= 0.6 is 0 Å². The van der Waals surface area contributed by atoms with E-state index < -0.39 is 100 Å². The molecule has 0 radical (unpaired) electrons. The summed E-state index contributed by atoms with van der Waals surface area (Å²) in [7, 11) is 0. The van der Waals surface area contributed by atoms with E-state index in [1.165, 1.54) is 12.1 Å². The van der Waals surface area contributed by atoms with Gasteiger partial charge in [-0.1, -0.05) is 69.3 Å². The van der Waals surface area contributed by atoms with Gasteiger partial charge in [0.1, 0.15) is 35.1 Å². The number of benzene rings is 2. The highest BCUT2D eigenvalue weighted by atomic mass is 16.6. The molecule has 1 amide bonds. The molecule has 2 bridgehead atoms. The first-order valence-electron chi connectivity index (χ1n) is 18.3. The monoisotopic (exact) mass is 749 g/mol. The van der Waals surface area contributed by atoms with Gasteiger partial charge in [0.25, 0.3) is 0 Å². The third-order valence-electron chi connectivity index (χ3n) is 12.1. The molecule has 3 aliphatic carbocycles. The molecule has 10 atom stereocenters. The number of esters is 2. The number of fused-ring (bicyclic) bond motifs is 5. The first kappa shape index (κ1) is 39.6. The predicted octanol–water partition coefficient (Wildman–Crippen LogP) is 3.72. The number of carbonyl (C=O) groups excluding carboxylic acids is 4. The number of carbonyl (C=O) groups is 4. The summed E-state index contributed by atoms with van der Waals surface area (Å²) in [6.45, 7) is 11.2. The van der Waals surface area contributed by atoms with Crippen LogP contribution in [-0.2, 0) is 28.5 Å². The first-order valence-corrected chi connectivity index (χ1v) is 18.3. The van der Waals surface area contributed by atoms with Crippen molar-refractivity contribution >= 4 is 23.8 Å². The van der Waals surface area contributed by atoms with E-state index in [1.54, 1.807) is 97.0 Å². The third-order valence-corrected chi connectivity index (χ3v) is 12.1. The number of ether oxygens (including phenoxy) is 4. The largest absolute Gasteiger partial charge is 0.456 e. The van der Waals surface area contributed by atoms with Crippen molar-refractivity contribution in [3.8, 4) is 0 Å². The van der Waals surface area contributed by atoms with Crippen LogP contribution in [0.5, 0.6) is 0 Å². The Morgan fingerprint density at radius 1 is 0.963 bits per heavy atom. The van der Waals surface area contributed by atoms with E-state index in [-0.39, 0.29) is 29.7 Å². The molecule has 1 aliphatic heterocycles. The van der Waals surface area contributed by atoms with Gasteiger partial charge in [-0.25, -0.2) is 14.4 Å². The molecule has 2 aromatic carbocycles. The average Bonchev–Trinajstić information content (AvgIpc) is 3.10. The van der Waals surface area contributed by atoms with Crippen LogP contribution in [-0.4, -0.2) is 98.2 Å². The maximum Gasteiger partial charge on any atom is 0.408 e. The van der Waals surface area contributed by atoms with Crippen LogP contribution in [0.2, 0.25) is 0 Å². The maximum absolute atomic E-state index is 14.6.